The van der Waals surface area contributed by atoms with Crippen molar-refractivity contribution in [2.75, 3.05) is 45.8 Å². The van der Waals surface area contributed by atoms with Crippen LogP contribution in [0.5, 0.6) is 0 Å². The van der Waals surface area contributed by atoms with Crippen molar-refractivity contribution in [2.45, 2.75) is 38.4 Å². The van der Waals surface area contributed by atoms with Crippen molar-refractivity contribution in [3.05, 3.63) is 35.9 Å². The second kappa shape index (κ2) is 8.07. The lowest BCUT2D eigenvalue weighted by Crippen LogP contribution is -2.50. The van der Waals surface area contributed by atoms with Gasteiger partial charge in [0.25, 0.3) is 0 Å². The minimum atomic E-state index is 0.0349. The van der Waals surface area contributed by atoms with Crippen LogP contribution in [0, 0.1) is 5.92 Å². The third kappa shape index (κ3) is 4.11. The van der Waals surface area contributed by atoms with E-state index in [1.807, 2.05) is 0 Å². The molecule has 3 atom stereocenters. The van der Waals surface area contributed by atoms with E-state index in [1.165, 1.54) is 5.56 Å². The highest BCUT2D eigenvalue weighted by atomic mass is 16.2. The Bertz CT molecular complexity index is 599. The van der Waals surface area contributed by atoms with Crippen LogP contribution in [-0.4, -0.2) is 78.5 Å². The fraction of sp³-hybridized carbons (Fsp3) is 0.667. The number of piperazine rings is 1. The summed E-state index contributed by atoms with van der Waals surface area (Å²) in [5.41, 5.74) is 1.40. The van der Waals surface area contributed by atoms with Crippen LogP contribution in [0.2, 0.25) is 0 Å². The standard InChI is InChI=1S/C21H32N4O/c1-17-7-8-25(15-17)21(26)20-13-19(14-22-20)24-11-9-23(10-12-24)16-18-5-3-2-4-6-18/h2-6,17,19-20,22H,7-16H2,1H3/t17?,19-,20-/m0/s1. The number of rotatable bonds is 4. The second-order valence-corrected chi connectivity index (χ2v) is 8.33. The molecule has 3 saturated heterocycles. The summed E-state index contributed by atoms with van der Waals surface area (Å²) >= 11 is 0. The molecule has 3 fully saturated rings. The van der Waals surface area contributed by atoms with Gasteiger partial charge in [-0.05, 0) is 24.3 Å². The van der Waals surface area contributed by atoms with Crippen molar-refractivity contribution in [3.8, 4) is 0 Å². The van der Waals surface area contributed by atoms with Crippen molar-refractivity contribution in [3.63, 3.8) is 0 Å². The molecule has 0 bridgehead atoms. The smallest absolute Gasteiger partial charge is 0.239 e. The van der Waals surface area contributed by atoms with Crippen LogP contribution in [0.1, 0.15) is 25.3 Å². The highest BCUT2D eigenvalue weighted by Gasteiger charge is 2.37. The molecule has 0 spiro atoms. The summed E-state index contributed by atoms with van der Waals surface area (Å²) < 4.78 is 0. The summed E-state index contributed by atoms with van der Waals surface area (Å²) in [5, 5.41) is 3.50. The van der Waals surface area contributed by atoms with Gasteiger partial charge in [0.2, 0.25) is 5.91 Å². The Labute approximate surface area is 157 Å². The molecule has 0 aromatic heterocycles. The number of hydrogen-bond acceptors (Lipinski definition) is 4. The van der Waals surface area contributed by atoms with Gasteiger partial charge in [0, 0.05) is 58.4 Å². The molecule has 0 aliphatic carbocycles. The molecule has 3 aliphatic rings. The molecule has 1 unspecified atom stereocenters. The van der Waals surface area contributed by atoms with Gasteiger partial charge >= 0.3 is 0 Å². The average molecular weight is 357 g/mol. The maximum Gasteiger partial charge on any atom is 0.239 e. The summed E-state index contributed by atoms with van der Waals surface area (Å²) in [7, 11) is 0. The predicted molar refractivity (Wildman–Crippen MR) is 104 cm³/mol. The van der Waals surface area contributed by atoms with Crippen molar-refractivity contribution in [1.82, 2.24) is 20.0 Å². The van der Waals surface area contributed by atoms with E-state index in [4.69, 9.17) is 0 Å². The maximum absolute atomic E-state index is 12.7. The molecular weight excluding hydrogens is 324 g/mol. The predicted octanol–water partition coefficient (Wildman–Crippen LogP) is 1.40. The zero-order chi connectivity index (χ0) is 17.9. The lowest BCUT2D eigenvalue weighted by molar-refractivity contribution is -0.132. The van der Waals surface area contributed by atoms with Crippen molar-refractivity contribution in [1.29, 1.82) is 0 Å². The van der Waals surface area contributed by atoms with E-state index < -0.39 is 0 Å². The van der Waals surface area contributed by atoms with Crippen molar-refractivity contribution in [2.24, 2.45) is 5.92 Å². The minimum Gasteiger partial charge on any atom is -0.341 e. The molecule has 0 radical (unpaired) electrons. The first kappa shape index (κ1) is 18.0. The third-order valence-corrected chi connectivity index (χ3v) is 6.31. The number of likely N-dealkylation sites (tertiary alicyclic amines) is 1. The van der Waals surface area contributed by atoms with Crippen LogP contribution in [-0.2, 0) is 11.3 Å². The van der Waals surface area contributed by atoms with Gasteiger partial charge in [0.1, 0.15) is 0 Å². The lowest BCUT2D eigenvalue weighted by atomic mass is 10.1. The highest BCUT2D eigenvalue weighted by Crippen LogP contribution is 2.21. The Hall–Kier alpha value is -1.43. The van der Waals surface area contributed by atoms with E-state index >= 15 is 0 Å². The van der Waals surface area contributed by atoms with Gasteiger partial charge in [0.15, 0.2) is 0 Å². The van der Waals surface area contributed by atoms with Crippen LogP contribution in [0.25, 0.3) is 0 Å². The summed E-state index contributed by atoms with van der Waals surface area (Å²) in [6, 6.07) is 11.3. The largest absolute Gasteiger partial charge is 0.341 e. The van der Waals surface area contributed by atoms with E-state index in [2.05, 4.69) is 57.3 Å². The van der Waals surface area contributed by atoms with Crippen LogP contribution in [0.3, 0.4) is 0 Å². The topological polar surface area (TPSA) is 38.8 Å². The number of nitrogens with zero attached hydrogens (tertiary/aromatic N) is 3. The molecular formula is C21H32N4O. The Morgan fingerprint density at radius 1 is 1.12 bits per heavy atom. The average Bonchev–Trinajstić information content (AvgIpc) is 3.32. The van der Waals surface area contributed by atoms with Gasteiger partial charge in [-0.1, -0.05) is 37.3 Å². The Morgan fingerprint density at radius 3 is 2.58 bits per heavy atom. The fourth-order valence-corrected chi connectivity index (χ4v) is 4.67. The minimum absolute atomic E-state index is 0.0349. The first-order chi connectivity index (χ1) is 12.7. The second-order valence-electron chi connectivity index (χ2n) is 8.33. The summed E-state index contributed by atoms with van der Waals surface area (Å²) in [4.78, 5) is 19.9. The first-order valence-corrected chi connectivity index (χ1v) is 10.2. The summed E-state index contributed by atoms with van der Waals surface area (Å²) in [5.74, 6) is 0.994. The molecule has 4 rings (SSSR count). The number of carbonyl (C=O) groups excluding carboxylic acids is 1. The molecule has 3 heterocycles. The maximum atomic E-state index is 12.7. The van der Waals surface area contributed by atoms with Gasteiger partial charge in [0.05, 0.1) is 6.04 Å². The molecule has 5 nitrogen and oxygen atoms in total. The van der Waals surface area contributed by atoms with E-state index in [0.717, 1.165) is 65.2 Å². The van der Waals surface area contributed by atoms with E-state index in [1.54, 1.807) is 0 Å². The van der Waals surface area contributed by atoms with Crippen LogP contribution in [0.15, 0.2) is 30.3 Å². The molecule has 3 aliphatic heterocycles. The molecule has 1 aromatic rings. The lowest BCUT2D eigenvalue weighted by Gasteiger charge is -2.38. The molecule has 26 heavy (non-hydrogen) atoms. The van der Waals surface area contributed by atoms with Gasteiger partial charge in [-0.25, -0.2) is 0 Å². The monoisotopic (exact) mass is 356 g/mol. The Kier molecular flexibility index (Phi) is 5.57. The number of nitrogens with one attached hydrogen (secondary N) is 1. The molecule has 1 amide bonds. The number of hydrogen-bond donors (Lipinski definition) is 1. The van der Waals surface area contributed by atoms with Crippen molar-refractivity contribution >= 4 is 5.91 Å². The Balaban J connectivity index is 1.23. The normalized spacial score (nSPS) is 30.8. The SMILES string of the molecule is CC1CCN(C(=O)[C@@H]2C[C@H](N3CCN(Cc4ccccc4)CC3)CN2)C1. The summed E-state index contributed by atoms with van der Waals surface area (Å²) in [6.45, 7) is 10.6. The van der Waals surface area contributed by atoms with Crippen LogP contribution < -0.4 is 5.32 Å². The van der Waals surface area contributed by atoms with Gasteiger partial charge < -0.3 is 10.2 Å². The highest BCUT2D eigenvalue weighted by molar-refractivity contribution is 5.82. The zero-order valence-electron chi connectivity index (χ0n) is 15.9. The first-order valence-electron chi connectivity index (χ1n) is 10.2. The van der Waals surface area contributed by atoms with Crippen LogP contribution >= 0.6 is 0 Å². The number of carbonyl (C=O) groups is 1. The molecule has 5 heteroatoms. The molecule has 142 valence electrons. The fourth-order valence-electron chi connectivity index (χ4n) is 4.67. The molecule has 1 N–H and O–H groups in total. The molecule has 0 saturated carbocycles. The summed E-state index contributed by atoms with van der Waals surface area (Å²) in [6.07, 6.45) is 2.13. The zero-order valence-corrected chi connectivity index (χ0v) is 15.9. The van der Waals surface area contributed by atoms with Crippen molar-refractivity contribution < 1.29 is 4.79 Å². The van der Waals surface area contributed by atoms with E-state index in [-0.39, 0.29) is 6.04 Å². The third-order valence-electron chi connectivity index (χ3n) is 6.31. The number of benzene rings is 1. The Morgan fingerprint density at radius 2 is 1.88 bits per heavy atom. The van der Waals surface area contributed by atoms with E-state index in [0.29, 0.717) is 17.9 Å². The molecule has 1 aromatic carbocycles. The van der Waals surface area contributed by atoms with Gasteiger partial charge in [-0.3, -0.25) is 14.6 Å². The van der Waals surface area contributed by atoms with Crippen LogP contribution in [0.4, 0.5) is 0 Å². The number of amides is 1. The van der Waals surface area contributed by atoms with Gasteiger partial charge in [-0.15, -0.1) is 0 Å². The quantitative estimate of drug-likeness (QED) is 0.885. The van der Waals surface area contributed by atoms with Gasteiger partial charge in [-0.2, -0.15) is 0 Å². The van der Waals surface area contributed by atoms with E-state index in [9.17, 15) is 4.79 Å².